The summed E-state index contributed by atoms with van der Waals surface area (Å²) in [5.74, 6) is 0. The fraction of sp³-hybridized carbons (Fsp3) is 0.0526. The molecule has 1 heteroatoms. The van der Waals surface area contributed by atoms with E-state index in [1.807, 2.05) is 0 Å². The topological polar surface area (TPSA) is 0 Å². The van der Waals surface area contributed by atoms with E-state index in [4.69, 9.17) is 0 Å². The number of aryl methyl sites for hydroxylation is 1. The molecule has 0 amide bonds. The van der Waals surface area contributed by atoms with E-state index in [1.165, 1.54) is 18.6 Å². The van der Waals surface area contributed by atoms with Crippen LogP contribution in [0.25, 0.3) is 0 Å². The van der Waals surface area contributed by atoms with Crippen LogP contribution in [0.3, 0.4) is 0 Å². The van der Waals surface area contributed by atoms with Crippen LogP contribution in [0.1, 0.15) is 5.56 Å². The van der Waals surface area contributed by atoms with Crippen LogP contribution in [-0.2, 0) is 0 Å². The molecule has 0 fully saturated rings. The Labute approximate surface area is 125 Å². The van der Waals surface area contributed by atoms with Gasteiger partial charge in [-0.15, -0.1) is 0 Å². The molecule has 0 aliphatic rings. The molecule has 0 bridgehead atoms. The van der Waals surface area contributed by atoms with Gasteiger partial charge in [-0.3, -0.25) is 0 Å². The average molecular weight is 320 g/mol. The third-order valence-electron chi connectivity index (χ3n) is 3.29. The number of hydrogen-bond acceptors (Lipinski definition) is 0. The van der Waals surface area contributed by atoms with E-state index < -0.39 is 14.7 Å². The maximum atomic E-state index is 2.35. The third kappa shape index (κ3) is 2.86. The molecule has 0 heterocycles. The van der Waals surface area contributed by atoms with Crippen molar-refractivity contribution in [2.75, 3.05) is 0 Å². The van der Waals surface area contributed by atoms with Crippen molar-refractivity contribution in [1.29, 1.82) is 0 Å². The Balaban J connectivity index is 2.14. The maximum absolute atomic E-state index is 2.35. The van der Waals surface area contributed by atoms with Gasteiger partial charge in [-0.1, -0.05) is 0 Å². The van der Waals surface area contributed by atoms with Crippen LogP contribution < -0.4 is 13.1 Å². The molecule has 98 valence electrons. The molecular formula is C19H17As. The van der Waals surface area contributed by atoms with Gasteiger partial charge in [-0.2, -0.15) is 0 Å². The van der Waals surface area contributed by atoms with Crippen LogP contribution in [0.4, 0.5) is 0 Å². The van der Waals surface area contributed by atoms with Crippen molar-refractivity contribution in [3.63, 3.8) is 0 Å². The van der Waals surface area contributed by atoms with E-state index >= 15 is 0 Å². The Morgan fingerprint density at radius 2 is 1.05 bits per heavy atom. The van der Waals surface area contributed by atoms with Crippen molar-refractivity contribution in [2.24, 2.45) is 0 Å². The molecule has 0 aromatic heterocycles. The molecule has 0 spiro atoms. The van der Waals surface area contributed by atoms with Crippen LogP contribution in [-0.4, -0.2) is 14.7 Å². The monoisotopic (exact) mass is 320 g/mol. The fourth-order valence-corrected chi connectivity index (χ4v) is 7.41. The first-order valence-corrected chi connectivity index (χ1v) is 9.63. The molecule has 20 heavy (non-hydrogen) atoms. The summed E-state index contributed by atoms with van der Waals surface area (Å²) in [6, 6.07) is 30.9. The normalized spacial score (nSPS) is 10.7. The van der Waals surface area contributed by atoms with Gasteiger partial charge in [0.05, 0.1) is 0 Å². The van der Waals surface area contributed by atoms with Crippen molar-refractivity contribution in [1.82, 2.24) is 0 Å². The van der Waals surface area contributed by atoms with Crippen molar-refractivity contribution < 1.29 is 0 Å². The minimum atomic E-state index is -1.42. The van der Waals surface area contributed by atoms with E-state index in [-0.39, 0.29) is 0 Å². The SMILES string of the molecule is Cc1cccc([As](c2ccccc2)c2ccccc2)c1. The molecule has 0 radical (unpaired) electrons. The zero-order valence-corrected chi connectivity index (χ0v) is 13.4. The predicted octanol–water partition coefficient (Wildman–Crippen LogP) is 2.51. The number of benzene rings is 3. The van der Waals surface area contributed by atoms with Crippen molar-refractivity contribution in [3.8, 4) is 0 Å². The fourth-order valence-electron chi connectivity index (χ4n) is 2.37. The van der Waals surface area contributed by atoms with Crippen LogP contribution >= 0.6 is 0 Å². The second-order valence-corrected chi connectivity index (χ2v) is 9.50. The summed E-state index contributed by atoms with van der Waals surface area (Å²) in [6.07, 6.45) is 0. The summed E-state index contributed by atoms with van der Waals surface area (Å²) in [5, 5.41) is 0. The van der Waals surface area contributed by atoms with Crippen LogP contribution in [0.2, 0.25) is 0 Å². The van der Waals surface area contributed by atoms with Gasteiger partial charge in [0.25, 0.3) is 0 Å². The van der Waals surface area contributed by atoms with E-state index in [0.29, 0.717) is 0 Å². The summed E-state index contributed by atoms with van der Waals surface area (Å²) in [7, 11) is 0. The van der Waals surface area contributed by atoms with E-state index in [2.05, 4.69) is 91.9 Å². The second kappa shape index (κ2) is 6.11. The molecule has 3 aromatic carbocycles. The van der Waals surface area contributed by atoms with Gasteiger partial charge in [0.2, 0.25) is 0 Å². The van der Waals surface area contributed by atoms with E-state index in [1.54, 1.807) is 0 Å². The van der Waals surface area contributed by atoms with Gasteiger partial charge in [-0.05, 0) is 0 Å². The summed E-state index contributed by atoms with van der Waals surface area (Å²) >= 11 is -1.42. The van der Waals surface area contributed by atoms with Gasteiger partial charge in [0.1, 0.15) is 0 Å². The molecule has 3 rings (SSSR count). The Morgan fingerprint density at radius 3 is 1.55 bits per heavy atom. The van der Waals surface area contributed by atoms with E-state index in [9.17, 15) is 0 Å². The average Bonchev–Trinajstić information content (AvgIpc) is 2.50. The third-order valence-corrected chi connectivity index (χ3v) is 8.37. The molecule has 0 unspecified atom stereocenters. The zero-order valence-electron chi connectivity index (χ0n) is 11.5. The number of hydrogen-bond donors (Lipinski definition) is 0. The Hall–Kier alpha value is -1.78. The number of rotatable bonds is 3. The molecule has 0 saturated heterocycles. The van der Waals surface area contributed by atoms with Gasteiger partial charge in [0, 0.05) is 0 Å². The van der Waals surface area contributed by atoms with Gasteiger partial charge < -0.3 is 0 Å². The summed E-state index contributed by atoms with van der Waals surface area (Å²) in [6.45, 7) is 2.17. The molecule has 3 aromatic rings. The first kappa shape index (κ1) is 13.2. The second-order valence-electron chi connectivity index (χ2n) is 4.85. The van der Waals surface area contributed by atoms with Gasteiger partial charge in [-0.25, -0.2) is 0 Å². The van der Waals surface area contributed by atoms with Crippen LogP contribution in [0.5, 0.6) is 0 Å². The van der Waals surface area contributed by atoms with Crippen molar-refractivity contribution in [2.45, 2.75) is 6.92 Å². The molecule has 0 atom stereocenters. The van der Waals surface area contributed by atoms with Crippen molar-refractivity contribution >= 4 is 27.7 Å². The molecule has 0 saturated carbocycles. The summed E-state index contributed by atoms with van der Waals surface area (Å²) < 4.78 is 4.46. The van der Waals surface area contributed by atoms with E-state index in [0.717, 1.165) is 0 Å². The van der Waals surface area contributed by atoms with Gasteiger partial charge >= 0.3 is 125 Å². The Bertz CT molecular complexity index is 635. The van der Waals surface area contributed by atoms with Crippen LogP contribution in [0, 0.1) is 6.92 Å². The Kier molecular flexibility index (Phi) is 4.04. The first-order valence-electron chi connectivity index (χ1n) is 6.81. The first-order chi connectivity index (χ1) is 9.84. The van der Waals surface area contributed by atoms with Crippen LogP contribution in [0.15, 0.2) is 84.9 Å². The Morgan fingerprint density at radius 1 is 0.550 bits per heavy atom. The predicted molar refractivity (Wildman–Crippen MR) is 88.7 cm³/mol. The summed E-state index contributed by atoms with van der Waals surface area (Å²) in [4.78, 5) is 0. The minimum absolute atomic E-state index is 1.34. The quantitative estimate of drug-likeness (QED) is 0.651. The molecule has 0 aliphatic heterocycles. The standard InChI is InChI=1S/C19H17As/c1-16-9-8-14-19(15-16)20(17-10-4-2-5-11-17)18-12-6-3-7-13-18/h2-15H,1H3. The molecular weight excluding hydrogens is 303 g/mol. The summed E-state index contributed by atoms with van der Waals surface area (Å²) in [5.41, 5.74) is 1.34. The molecule has 0 nitrogen and oxygen atoms in total. The molecule has 0 aliphatic carbocycles. The van der Waals surface area contributed by atoms with Gasteiger partial charge in [0.15, 0.2) is 0 Å². The molecule has 0 N–H and O–H groups in total. The zero-order chi connectivity index (χ0) is 13.8. The van der Waals surface area contributed by atoms with Crippen molar-refractivity contribution in [3.05, 3.63) is 90.5 Å².